The van der Waals surface area contributed by atoms with E-state index in [9.17, 15) is 14.4 Å². The molecule has 0 N–H and O–H groups in total. The smallest absolute Gasteiger partial charge is 0.306 e. The third-order valence-electron chi connectivity index (χ3n) is 13.2. The number of allylic oxidation sites excluding steroid dienone is 10. The summed E-state index contributed by atoms with van der Waals surface area (Å²) in [4.78, 5) is 38.2. The van der Waals surface area contributed by atoms with Crippen molar-refractivity contribution in [3.8, 4) is 0 Å². The van der Waals surface area contributed by atoms with Crippen molar-refractivity contribution in [2.45, 2.75) is 316 Å². The van der Waals surface area contributed by atoms with Crippen molar-refractivity contribution in [3.63, 3.8) is 0 Å². The molecule has 0 spiro atoms. The van der Waals surface area contributed by atoms with Crippen LogP contribution in [0.25, 0.3) is 0 Å². The number of carbonyl (C=O) groups is 3. The summed E-state index contributed by atoms with van der Waals surface area (Å²) in [6.07, 6.45) is 73.5. The van der Waals surface area contributed by atoms with Crippen LogP contribution in [-0.2, 0) is 28.6 Å². The molecule has 0 rings (SSSR count). The molecule has 1 atom stereocenters. The largest absolute Gasteiger partial charge is 0.462 e. The molecule has 0 aliphatic rings. The van der Waals surface area contributed by atoms with Crippen molar-refractivity contribution >= 4 is 17.9 Å². The van der Waals surface area contributed by atoms with Crippen LogP contribution in [0.5, 0.6) is 0 Å². The highest BCUT2D eigenvalue weighted by Crippen LogP contribution is 2.16. The van der Waals surface area contributed by atoms with Crippen molar-refractivity contribution in [3.05, 3.63) is 60.8 Å². The molecular weight excluding hydrogens is 865 g/mol. The van der Waals surface area contributed by atoms with Gasteiger partial charge < -0.3 is 14.2 Å². The molecule has 0 bridgehead atoms. The number of rotatable bonds is 55. The van der Waals surface area contributed by atoms with E-state index < -0.39 is 6.10 Å². The van der Waals surface area contributed by atoms with Crippen molar-refractivity contribution in [1.29, 1.82) is 0 Å². The average molecular weight is 980 g/mol. The maximum absolute atomic E-state index is 12.9. The lowest BCUT2D eigenvalue weighted by molar-refractivity contribution is -0.167. The molecule has 0 unspecified atom stereocenters. The van der Waals surface area contributed by atoms with Crippen molar-refractivity contribution < 1.29 is 28.6 Å². The third kappa shape index (κ3) is 56.0. The van der Waals surface area contributed by atoms with Crippen molar-refractivity contribution in [2.24, 2.45) is 0 Å². The van der Waals surface area contributed by atoms with Gasteiger partial charge in [0.05, 0.1) is 0 Å². The number of hydrogen-bond acceptors (Lipinski definition) is 6. The SMILES string of the molecule is CCCCC/C=C\C/C=C\CCCCCCCCCCCC(=O)OC[C@@H](COC(=O)CCCCCCC/C=C\CCCCCCC)OC(=O)CCCCCCCCCCC/C=C\C/C=C\CCCCC. The summed E-state index contributed by atoms with van der Waals surface area (Å²) in [6, 6.07) is 0. The molecule has 0 amide bonds. The van der Waals surface area contributed by atoms with E-state index in [2.05, 4.69) is 81.5 Å². The molecule has 0 aliphatic carbocycles. The first-order valence-electron chi connectivity index (χ1n) is 30.3. The van der Waals surface area contributed by atoms with Gasteiger partial charge in [0.25, 0.3) is 0 Å². The predicted octanol–water partition coefficient (Wildman–Crippen LogP) is 20.4. The highest BCUT2D eigenvalue weighted by atomic mass is 16.6. The van der Waals surface area contributed by atoms with Crippen molar-refractivity contribution in [1.82, 2.24) is 0 Å². The molecule has 406 valence electrons. The zero-order valence-electron chi connectivity index (χ0n) is 46.5. The zero-order valence-corrected chi connectivity index (χ0v) is 46.5. The fourth-order valence-electron chi connectivity index (χ4n) is 8.62. The summed E-state index contributed by atoms with van der Waals surface area (Å²) in [6.45, 7) is 6.60. The Kier molecular flexibility index (Phi) is 56.3. The second-order valence-corrected chi connectivity index (χ2v) is 20.2. The lowest BCUT2D eigenvalue weighted by atomic mass is 10.1. The topological polar surface area (TPSA) is 78.9 Å². The van der Waals surface area contributed by atoms with Gasteiger partial charge in [0.15, 0.2) is 6.10 Å². The van der Waals surface area contributed by atoms with Gasteiger partial charge in [0.2, 0.25) is 0 Å². The van der Waals surface area contributed by atoms with Gasteiger partial charge in [-0.05, 0) is 109 Å². The molecule has 0 saturated carbocycles. The molecule has 0 fully saturated rings. The first-order valence-corrected chi connectivity index (χ1v) is 30.3. The lowest BCUT2D eigenvalue weighted by Crippen LogP contribution is -2.30. The molecule has 0 saturated heterocycles. The summed E-state index contributed by atoms with van der Waals surface area (Å²) in [7, 11) is 0. The number of unbranched alkanes of at least 4 members (excludes halogenated alkanes) is 34. The Balaban J connectivity index is 4.37. The van der Waals surface area contributed by atoms with Crippen LogP contribution in [0.2, 0.25) is 0 Å². The molecule has 6 nitrogen and oxygen atoms in total. The Morgan fingerprint density at radius 1 is 0.286 bits per heavy atom. The van der Waals surface area contributed by atoms with Crippen LogP contribution < -0.4 is 0 Å². The number of hydrogen-bond donors (Lipinski definition) is 0. The van der Waals surface area contributed by atoms with Gasteiger partial charge in [-0.15, -0.1) is 0 Å². The van der Waals surface area contributed by atoms with E-state index in [1.165, 1.54) is 193 Å². The van der Waals surface area contributed by atoms with Gasteiger partial charge in [-0.1, -0.05) is 242 Å². The van der Waals surface area contributed by atoms with E-state index in [1.54, 1.807) is 0 Å². The first-order chi connectivity index (χ1) is 34.5. The Hall–Kier alpha value is -2.89. The summed E-state index contributed by atoms with van der Waals surface area (Å²) < 4.78 is 16.9. The van der Waals surface area contributed by atoms with E-state index in [-0.39, 0.29) is 31.1 Å². The van der Waals surface area contributed by atoms with Gasteiger partial charge in [-0.2, -0.15) is 0 Å². The maximum atomic E-state index is 12.9. The Bertz CT molecular complexity index is 1260. The quantitative estimate of drug-likeness (QED) is 0.0261. The Morgan fingerprint density at radius 2 is 0.514 bits per heavy atom. The first kappa shape index (κ1) is 67.1. The minimum absolute atomic E-state index is 0.0794. The minimum atomic E-state index is -0.782. The van der Waals surface area contributed by atoms with E-state index in [0.29, 0.717) is 19.3 Å². The highest BCUT2D eigenvalue weighted by Gasteiger charge is 2.19. The standard InChI is InChI=1S/C64H114O6/c1-4-7-10-13-16-19-22-25-28-30-32-34-36-39-42-45-48-51-54-57-63(66)69-60-61(59-68-62(65)56-53-50-47-44-41-38-27-24-21-18-15-12-9-6-3)70-64(67)58-55-52-49-46-43-40-37-35-33-31-29-26-23-20-17-14-11-8-5-2/h16-17,19-20,24-29,61H,4-15,18,21-23,30-60H2,1-3H3/b19-16-,20-17-,27-24-,28-25-,29-26-/t61-/m1/s1. The average Bonchev–Trinajstić information content (AvgIpc) is 3.36. The van der Waals surface area contributed by atoms with E-state index in [4.69, 9.17) is 14.2 Å². The fraction of sp³-hybridized carbons (Fsp3) is 0.797. The minimum Gasteiger partial charge on any atom is -0.462 e. The summed E-state index contributed by atoms with van der Waals surface area (Å²) in [5, 5.41) is 0. The van der Waals surface area contributed by atoms with Crippen LogP contribution >= 0.6 is 0 Å². The second-order valence-electron chi connectivity index (χ2n) is 20.2. The van der Waals surface area contributed by atoms with Crippen LogP contribution in [0.3, 0.4) is 0 Å². The van der Waals surface area contributed by atoms with Crippen LogP contribution in [-0.4, -0.2) is 37.2 Å². The van der Waals surface area contributed by atoms with Crippen LogP contribution in [0.15, 0.2) is 60.8 Å². The molecular formula is C64H114O6. The monoisotopic (exact) mass is 979 g/mol. The molecule has 0 aromatic heterocycles. The number of carbonyl (C=O) groups excluding carboxylic acids is 3. The van der Waals surface area contributed by atoms with Crippen LogP contribution in [0, 0.1) is 0 Å². The van der Waals surface area contributed by atoms with Crippen LogP contribution in [0.1, 0.15) is 310 Å². The van der Waals surface area contributed by atoms with Gasteiger partial charge in [0, 0.05) is 19.3 Å². The summed E-state index contributed by atoms with van der Waals surface area (Å²) in [5.74, 6) is -0.883. The molecule has 0 aromatic rings. The summed E-state index contributed by atoms with van der Waals surface area (Å²) in [5.41, 5.74) is 0. The molecule has 0 aliphatic heterocycles. The Morgan fingerprint density at radius 3 is 0.829 bits per heavy atom. The molecule has 6 heteroatoms. The highest BCUT2D eigenvalue weighted by molar-refractivity contribution is 5.71. The molecule has 0 aromatic carbocycles. The molecule has 0 radical (unpaired) electrons. The second kappa shape index (κ2) is 58.7. The maximum Gasteiger partial charge on any atom is 0.306 e. The van der Waals surface area contributed by atoms with Gasteiger partial charge >= 0.3 is 17.9 Å². The predicted molar refractivity (Wildman–Crippen MR) is 302 cm³/mol. The number of esters is 3. The van der Waals surface area contributed by atoms with E-state index in [0.717, 1.165) is 77.0 Å². The van der Waals surface area contributed by atoms with Crippen molar-refractivity contribution in [2.75, 3.05) is 13.2 Å². The third-order valence-corrected chi connectivity index (χ3v) is 13.2. The molecule has 70 heavy (non-hydrogen) atoms. The molecule has 0 heterocycles. The van der Waals surface area contributed by atoms with E-state index >= 15 is 0 Å². The normalized spacial score (nSPS) is 12.4. The zero-order chi connectivity index (χ0) is 50.7. The summed E-state index contributed by atoms with van der Waals surface area (Å²) >= 11 is 0. The Labute approximate surface area is 434 Å². The van der Waals surface area contributed by atoms with Gasteiger partial charge in [0.1, 0.15) is 13.2 Å². The number of ether oxygens (including phenoxy) is 3. The van der Waals surface area contributed by atoms with E-state index in [1.807, 2.05) is 0 Å². The van der Waals surface area contributed by atoms with Gasteiger partial charge in [-0.25, -0.2) is 0 Å². The van der Waals surface area contributed by atoms with Gasteiger partial charge in [-0.3, -0.25) is 14.4 Å². The lowest BCUT2D eigenvalue weighted by Gasteiger charge is -2.18. The fourth-order valence-corrected chi connectivity index (χ4v) is 8.62. The van der Waals surface area contributed by atoms with Crippen LogP contribution in [0.4, 0.5) is 0 Å².